The summed E-state index contributed by atoms with van der Waals surface area (Å²) in [5.41, 5.74) is 13.1. The second-order valence-electron chi connectivity index (χ2n) is 15.6. The van der Waals surface area contributed by atoms with Crippen LogP contribution in [0.3, 0.4) is 0 Å². The highest BCUT2D eigenvalue weighted by molar-refractivity contribution is 6.29. The van der Waals surface area contributed by atoms with Crippen molar-refractivity contribution >= 4 is 54.4 Å². The van der Waals surface area contributed by atoms with Crippen molar-refractivity contribution in [3.8, 4) is 22.5 Å². The molecule has 2 aromatic heterocycles. The lowest BCUT2D eigenvalue weighted by atomic mass is 9.63. The van der Waals surface area contributed by atoms with Gasteiger partial charge in [0.2, 0.25) is 0 Å². The van der Waals surface area contributed by atoms with E-state index in [1.807, 2.05) is 0 Å². The third-order valence-corrected chi connectivity index (χ3v) is 11.8. The van der Waals surface area contributed by atoms with Gasteiger partial charge in [0, 0.05) is 32.9 Å². The highest BCUT2D eigenvalue weighted by atomic mass is 15.0. The van der Waals surface area contributed by atoms with E-state index >= 15 is 0 Å². The molecular formula is C48H40N2. The SMILES string of the molecule is CC1(C)CCC(C)(C)c2cc3c(cc21)c1c2c4ccccc4n(-c4ccccc4)c2ccc1n3-c1ccc(-c2cccc3ccccc23)cc1. The molecule has 0 unspecified atom stereocenters. The molecule has 0 bridgehead atoms. The molecule has 0 fully saturated rings. The Morgan fingerprint density at radius 2 is 0.980 bits per heavy atom. The van der Waals surface area contributed by atoms with Crippen LogP contribution in [0.15, 0.2) is 146 Å². The Morgan fingerprint density at radius 1 is 0.420 bits per heavy atom. The van der Waals surface area contributed by atoms with Crippen LogP contribution in [-0.4, -0.2) is 9.13 Å². The van der Waals surface area contributed by atoms with Crippen LogP contribution in [-0.2, 0) is 10.8 Å². The molecule has 0 saturated heterocycles. The fourth-order valence-electron chi connectivity index (χ4n) is 9.03. The summed E-state index contributed by atoms with van der Waals surface area (Å²) < 4.78 is 4.97. The van der Waals surface area contributed by atoms with Gasteiger partial charge in [-0.15, -0.1) is 0 Å². The van der Waals surface area contributed by atoms with E-state index in [0.29, 0.717) is 0 Å². The Kier molecular flexibility index (Phi) is 6.13. The minimum atomic E-state index is 0.108. The second kappa shape index (κ2) is 10.5. The average Bonchev–Trinajstić information content (AvgIpc) is 3.66. The highest BCUT2D eigenvalue weighted by Crippen LogP contribution is 2.50. The van der Waals surface area contributed by atoms with E-state index in [2.05, 4.69) is 182 Å². The molecule has 0 atom stereocenters. The van der Waals surface area contributed by atoms with Crippen molar-refractivity contribution in [3.05, 3.63) is 157 Å². The molecule has 242 valence electrons. The van der Waals surface area contributed by atoms with Crippen molar-refractivity contribution < 1.29 is 0 Å². The van der Waals surface area contributed by atoms with E-state index in [1.54, 1.807) is 0 Å². The fourth-order valence-corrected chi connectivity index (χ4v) is 9.03. The largest absolute Gasteiger partial charge is 0.309 e. The maximum atomic E-state index is 2.57. The van der Waals surface area contributed by atoms with Crippen molar-refractivity contribution in [2.75, 3.05) is 0 Å². The summed E-state index contributed by atoms with van der Waals surface area (Å²) >= 11 is 0. The van der Waals surface area contributed by atoms with Crippen molar-refractivity contribution in [2.45, 2.75) is 51.4 Å². The molecule has 9 aromatic rings. The standard InChI is InChI=1S/C48H40N2/c1-47(2)27-28-48(3,4)40-30-44-38(29-39(40)47)46-43(26-25-42-45(46)37-18-10-11-20-41(37)49(42)33-15-6-5-7-16-33)50(44)34-23-21-32(22-24-34)36-19-12-14-31-13-8-9-17-35(31)36/h5-26,29-30H,27-28H2,1-4H3. The smallest absolute Gasteiger partial charge is 0.0548 e. The van der Waals surface area contributed by atoms with Gasteiger partial charge in [0.05, 0.1) is 22.1 Å². The summed E-state index contributed by atoms with van der Waals surface area (Å²) in [6.07, 6.45) is 2.38. The lowest BCUT2D eigenvalue weighted by Gasteiger charge is -2.42. The topological polar surface area (TPSA) is 9.86 Å². The summed E-state index contributed by atoms with van der Waals surface area (Å²) in [6, 6.07) is 54.1. The first-order chi connectivity index (χ1) is 24.3. The molecule has 7 aromatic carbocycles. The van der Waals surface area contributed by atoms with Crippen LogP contribution in [0.5, 0.6) is 0 Å². The summed E-state index contributed by atoms with van der Waals surface area (Å²) in [5.74, 6) is 0. The van der Waals surface area contributed by atoms with Crippen molar-refractivity contribution in [2.24, 2.45) is 0 Å². The molecule has 0 amide bonds. The van der Waals surface area contributed by atoms with Gasteiger partial charge in [-0.05, 0) is 111 Å². The molecule has 0 aliphatic heterocycles. The van der Waals surface area contributed by atoms with E-state index in [4.69, 9.17) is 0 Å². The molecule has 0 radical (unpaired) electrons. The molecule has 1 aliphatic rings. The molecule has 2 nitrogen and oxygen atoms in total. The summed E-state index contributed by atoms with van der Waals surface area (Å²) in [7, 11) is 0. The average molecular weight is 645 g/mol. The van der Waals surface area contributed by atoms with Crippen LogP contribution >= 0.6 is 0 Å². The number of fused-ring (bicyclic) bond motifs is 9. The Morgan fingerprint density at radius 3 is 1.72 bits per heavy atom. The Hall–Kier alpha value is -5.60. The predicted molar refractivity (Wildman–Crippen MR) is 213 cm³/mol. The maximum Gasteiger partial charge on any atom is 0.0548 e. The summed E-state index contributed by atoms with van der Waals surface area (Å²) in [6.45, 7) is 9.75. The van der Waals surface area contributed by atoms with Gasteiger partial charge in [0.15, 0.2) is 0 Å². The molecular weight excluding hydrogens is 605 g/mol. The lowest BCUT2D eigenvalue weighted by molar-refractivity contribution is 0.332. The quantitative estimate of drug-likeness (QED) is 0.181. The molecule has 50 heavy (non-hydrogen) atoms. The van der Waals surface area contributed by atoms with Crippen LogP contribution in [0, 0.1) is 0 Å². The Balaban J connectivity index is 1.31. The number of rotatable bonds is 3. The molecule has 0 N–H and O–H groups in total. The third kappa shape index (κ3) is 4.15. The first kappa shape index (κ1) is 29.3. The van der Waals surface area contributed by atoms with Crippen molar-refractivity contribution in [1.29, 1.82) is 0 Å². The number of hydrogen-bond acceptors (Lipinski definition) is 0. The van der Waals surface area contributed by atoms with Crippen molar-refractivity contribution in [1.82, 2.24) is 9.13 Å². The number of nitrogens with zero attached hydrogens (tertiary/aromatic N) is 2. The first-order valence-corrected chi connectivity index (χ1v) is 18.0. The third-order valence-electron chi connectivity index (χ3n) is 11.8. The zero-order valence-corrected chi connectivity index (χ0v) is 29.2. The Labute approximate surface area is 293 Å². The van der Waals surface area contributed by atoms with Crippen LogP contribution in [0.2, 0.25) is 0 Å². The van der Waals surface area contributed by atoms with E-state index in [9.17, 15) is 0 Å². The number of para-hydroxylation sites is 2. The van der Waals surface area contributed by atoms with Gasteiger partial charge < -0.3 is 9.13 Å². The first-order valence-electron chi connectivity index (χ1n) is 18.0. The Bertz CT molecular complexity index is 2780. The number of benzene rings is 7. The van der Waals surface area contributed by atoms with E-state index in [0.717, 1.165) is 0 Å². The van der Waals surface area contributed by atoms with Gasteiger partial charge in [-0.25, -0.2) is 0 Å². The fraction of sp³-hybridized carbons (Fsp3) is 0.167. The molecule has 10 rings (SSSR count). The number of aromatic nitrogens is 2. The van der Waals surface area contributed by atoms with E-state index < -0.39 is 0 Å². The normalized spacial score (nSPS) is 15.4. The van der Waals surface area contributed by atoms with Crippen molar-refractivity contribution in [3.63, 3.8) is 0 Å². The monoisotopic (exact) mass is 644 g/mol. The van der Waals surface area contributed by atoms with Gasteiger partial charge in [0.25, 0.3) is 0 Å². The predicted octanol–water partition coefficient (Wildman–Crippen LogP) is 13.0. The van der Waals surface area contributed by atoms with Gasteiger partial charge >= 0.3 is 0 Å². The second-order valence-corrected chi connectivity index (χ2v) is 15.6. The number of hydrogen-bond donors (Lipinski definition) is 0. The molecule has 0 saturated carbocycles. The maximum absolute atomic E-state index is 2.57. The molecule has 1 aliphatic carbocycles. The van der Waals surface area contributed by atoms with Crippen LogP contribution in [0.25, 0.3) is 76.9 Å². The zero-order valence-electron chi connectivity index (χ0n) is 29.2. The van der Waals surface area contributed by atoms with Crippen LogP contribution in [0.1, 0.15) is 51.7 Å². The summed E-state index contributed by atoms with van der Waals surface area (Å²) in [5, 5.41) is 7.84. The van der Waals surface area contributed by atoms with Gasteiger partial charge in [0.1, 0.15) is 0 Å². The van der Waals surface area contributed by atoms with Crippen LogP contribution in [0.4, 0.5) is 0 Å². The summed E-state index contributed by atoms with van der Waals surface area (Å²) in [4.78, 5) is 0. The molecule has 2 heterocycles. The molecule has 2 heteroatoms. The van der Waals surface area contributed by atoms with E-state index in [1.165, 1.54) is 101 Å². The van der Waals surface area contributed by atoms with Crippen LogP contribution < -0.4 is 0 Å². The minimum absolute atomic E-state index is 0.108. The molecule has 0 spiro atoms. The zero-order chi connectivity index (χ0) is 33.8. The van der Waals surface area contributed by atoms with E-state index in [-0.39, 0.29) is 10.8 Å². The minimum Gasteiger partial charge on any atom is -0.309 e. The highest BCUT2D eigenvalue weighted by Gasteiger charge is 2.38. The lowest BCUT2D eigenvalue weighted by Crippen LogP contribution is -2.33. The van der Waals surface area contributed by atoms with Gasteiger partial charge in [-0.1, -0.05) is 119 Å². The van der Waals surface area contributed by atoms with Gasteiger partial charge in [-0.2, -0.15) is 0 Å². The van der Waals surface area contributed by atoms with Gasteiger partial charge in [-0.3, -0.25) is 0 Å².